The van der Waals surface area contributed by atoms with Crippen molar-refractivity contribution in [2.24, 2.45) is 7.05 Å². The third-order valence-corrected chi connectivity index (χ3v) is 4.93. The number of likely N-dealkylation sites (tertiary alicyclic amines) is 1. The molecule has 3 aromatic rings. The Bertz CT molecular complexity index is 772. The molecule has 0 radical (unpaired) electrons. The fraction of sp³-hybridized carbons (Fsp3) is 0.368. The lowest BCUT2D eigenvalue weighted by Crippen LogP contribution is -2.34. The summed E-state index contributed by atoms with van der Waals surface area (Å²) in [5, 5.41) is 4.33. The number of rotatable bonds is 4. The van der Waals surface area contributed by atoms with Crippen LogP contribution < -0.4 is 0 Å². The molecule has 1 atom stereocenters. The second kappa shape index (κ2) is 6.61. The highest BCUT2D eigenvalue weighted by molar-refractivity contribution is 5.34. The van der Waals surface area contributed by atoms with Crippen LogP contribution in [0.15, 0.2) is 55.2 Å². The van der Waals surface area contributed by atoms with Gasteiger partial charge in [0.05, 0.1) is 6.33 Å². The Labute approximate surface area is 142 Å². The normalized spacial score (nSPS) is 18.8. The molecule has 1 aliphatic rings. The Morgan fingerprint density at radius 2 is 2.00 bits per heavy atom. The SMILES string of the molecule is Cn1nccc1[C@@H]1CCCN(Cc2ccc(-n3ccnc3)cc2)C1. The number of benzene rings is 1. The molecular formula is C19H23N5. The molecular weight excluding hydrogens is 298 g/mol. The maximum atomic E-state index is 4.33. The second-order valence-electron chi connectivity index (χ2n) is 6.59. The van der Waals surface area contributed by atoms with Crippen LogP contribution >= 0.6 is 0 Å². The molecule has 124 valence electrons. The van der Waals surface area contributed by atoms with E-state index in [1.807, 2.05) is 35.0 Å². The first-order valence-electron chi connectivity index (χ1n) is 8.57. The number of nitrogens with zero attached hydrogens (tertiary/aromatic N) is 5. The van der Waals surface area contributed by atoms with Crippen molar-refractivity contribution >= 4 is 0 Å². The van der Waals surface area contributed by atoms with Gasteiger partial charge in [-0.3, -0.25) is 9.58 Å². The molecule has 0 unspecified atom stereocenters. The maximum absolute atomic E-state index is 4.33. The summed E-state index contributed by atoms with van der Waals surface area (Å²) in [5.74, 6) is 0.594. The summed E-state index contributed by atoms with van der Waals surface area (Å²) in [4.78, 5) is 6.66. The van der Waals surface area contributed by atoms with Crippen molar-refractivity contribution in [3.63, 3.8) is 0 Å². The van der Waals surface area contributed by atoms with Gasteiger partial charge in [0.2, 0.25) is 0 Å². The van der Waals surface area contributed by atoms with Crippen LogP contribution in [0.5, 0.6) is 0 Å². The van der Waals surface area contributed by atoms with Gasteiger partial charge in [0.1, 0.15) is 0 Å². The molecule has 1 fully saturated rings. The van der Waals surface area contributed by atoms with E-state index in [0.29, 0.717) is 5.92 Å². The van der Waals surface area contributed by atoms with E-state index in [2.05, 4.69) is 45.3 Å². The van der Waals surface area contributed by atoms with Crippen molar-refractivity contribution in [2.45, 2.75) is 25.3 Å². The Hall–Kier alpha value is -2.40. The number of piperidine rings is 1. The van der Waals surface area contributed by atoms with E-state index < -0.39 is 0 Å². The summed E-state index contributed by atoms with van der Waals surface area (Å²) in [6.45, 7) is 3.30. The zero-order chi connectivity index (χ0) is 16.4. The van der Waals surface area contributed by atoms with E-state index in [9.17, 15) is 0 Å². The molecule has 5 nitrogen and oxygen atoms in total. The van der Waals surface area contributed by atoms with E-state index in [-0.39, 0.29) is 0 Å². The molecule has 1 saturated heterocycles. The predicted octanol–water partition coefficient (Wildman–Crippen LogP) is 2.99. The molecule has 0 aliphatic carbocycles. The lowest BCUT2D eigenvalue weighted by molar-refractivity contribution is 0.196. The number of hydrogen-bond donors (Lipinski definition) is 0. The van der Waals surface area contributed by atoms with Gasteiger partial charge < -0.3 is 4.57 Å². The molecule has 24 heavy (non-hydrogen) atoms. The largest absolute Gasteiger partial charge is 0.306 e. The highest BCUT2D eigenvalue weighted by Gasteiger charge is 2.23. The van der Waals surface area contributed by atoms with E-state index in [1.165, 1.54) is 30.6 Å². The average molecular weight is 321 g/mol. The van der Waals surface area contributed by atoms with Gasteiger partial charge in [-0.25, -0.2) is 4.98 Å². The first-order valence-corrected chi connectivity index (χ1v) is 8.57. The van der Waals surface area contributed by atoms with Gasteiger partial charge in [0.15, 0.2) is 0 Å². The zero-order valence-corrected chi connectivity index (χ0v) is 14.0. The van der Waals surface area contributed by atoms with Gasteiger partial charge in [-0.05, 0) is 43.1 Å². The van der Waals surface area contributed by atoms with Gasteiger partial charge in [0, 0.05) is 56.0 Å². The molecule has 0 bridgehead atoms. The van der Waals surface area contributed by atoms with Crippen molar-refractivity contribution in [3.05, 3.63) is 66.5 Å². The summed E-state index contributed by atoms with van der Waals surface area (Å²) in [6.07, 6.45) is 10.0. The topological polar surface area (TPSA) is 38.9 Å². The van der Waals surface area contributed by atoms with Gasteiger partial charge >= 0.3 is 0 Å². The summed E-state index contributed by atoms with van der Waals surface area (Å²) >= 11 is 0. The minimum absolute atomic E-state index is 0.594. The van der Waals surface area contributed by atoms with Crippen LogP contribution in [0.25, 0.3) is 5.69 Å². The van der Waals surface area contributed by atoms with E-state index in [4.69, 9.17) is 0 Å². The summed E-state index contributed by atoms with van der Waals surface area (Å²) in [5.41, 5.74) is 3.88. The summed E-state index contributed by atoms with van der Waals surface area (Å²) in [6, 6.07) is 10.9. The van der Waals surface area contributed by atoms with Crippen molar-refractivity contribution in [3.8, 4) is 5.69 Å². The fourth-order valence-corrected chi connectivity index (χ4v) is 3.67. The molecule has 3 heterocycles. The summed E-state index contributed by atoms with van der Waals surface area (Å²) < 4.78 is 4.05. The number of aromatic nitrogens is 4. The number of imidazole rings is 1. The smallest absolute Gasteiger partial charge is 0.0991 e. The third-order valence-electron chi connectivity index (χ3n) is 4.93. The molecule has 0 amide bonds. The van der Waals surface area contributed by atoms with Crippen LogP contribution in [0.2, 0.25) is 0 Å². The molecule has 1 aromatic carbocycles. The second-order valence-corrected chi connectivity index (χ2v) is 6.59. The Morgan fingerprint density at radius 1 is 1.12 bits per heavy atom. The van der Waals surface area contributed by atoms with Crippen molar-refractivity contribution < 1.29 is 0 Å². The van der Waals surface area contributed by atoms with Crippen LogP contribution in [-0.2, 0) is 13.6 Å². The third kappa shape index (κ3) is 3.12. The number of hydrogen-bond acceptors (Lipinski definition) is 3. The molecule has 0 N–H and O–H groups in total. The van der Waals surface area contributed by atoms with E-state index >= 15 is 0 Å². The van der Waals surface area contributed by atoms with Gasteiger partial charge in [0.25, 0.3) is 0 Å². The Balaban J connectivity index is 1.42. The molecule has 1 aliphatic heterocycles. The molecule has 4 rings (SSSR count). The van der Waals surface area contributed by atoms with Crippen LogP contribution in [0.1, 0.15) is 30.0 Å². The Morgan fingerprint density at radius 3 is 2.71 bits per heavy atom. The molecule has 5 heteroatoms. The van der Waals surface area contributed by atoms with Crippen molar-refractivity contribution in [2.75, 3.05) is 13.1 Å². The fourth-order valence-electron chi connectivity index (χ4n) is 3.67. The average Bonchev–Trinajstić information content (AvgIpc) is 3.27. The van der Waals surface area contributed by atoms with Crippen LogP contribution in [0, 0.1) is 0 Å². The standard InChI is InChI=1S/C19H23N5/c1-22-19(8-9-21-22)17-3-2-11-23(14-17)13-16-4-6-18(7-5-16)24-12-10-20-15-24/h4-10,12,15,17H,2-3,11,13-14H2,1H3/t17-/m1/s1. The Kier molecular flexibility index (Phi) is 4.17. The monoisotopic (exact) mass is 321 g/mol. The van der Waals surface area contributed by atoms with Gasteiger partial charge in [-0.2, -0.15) is 5.10 Å². The first kappa shape index (κ1) is 15.1. The first-order chi connectivity index (χ1) is 11.8. The molecule has 0 saturated carbocycles. The van der Waals surface area contributed by atoms with E-state index in [0.717, 1.165) is 18.8 Å². The quantitative estimate of drug-likeness (QED) is 0.741. The zero-order valence-electron chi connectivity index (χ0n) is 14.0. The molecule has 0 spiro atoms. The van der Waals surface area contributed by atoms with Crippen molar-refractivity contribution in [1.82, 2.24) is 24.2 Å². The lowest BCUT2D eigenvalue weighted by atomic mass is 9.94. The minimum Gasteiger partial charge on any atom is -0.306 e. The van der Waals surface area contributed by atoms with Crippen molar-refractivity contribution in [1.29, 1.82) is 0 Å². The minimum atomic E-state index is 0.594. The van der Waals surface area contributed by atoms with Gasteiger partial charge in [-0.1, -0.05) is 12.1 Å². The highest BCUT2D eigenvalue weighted by Crippen LogP contribution is 2.27. The van der Waals surface area contributed by atoms with E-state index in [1.54, 1.807) is 6.20 Å². The number of aryl methyl sites for hydroxylation is 1. The lowest BCUT2D eigenvalue weighted by Gasteiger charge is -2.32. The van der Waals surface area contributed by atoms with Crippen LogP contribution in [0.3, 0.4) is 0 Å². The predicted molar refractivity (Wildman–Crippen MR) is 94.0 cm³/mol. The highest BCUT2D eigenvalue weighted by atomic mass is 15.3. The maximum Gasteiger partial charge on any atom is 0.0991 e. The van der Waals surface area contributed by atoms with Crippen LogP contribution in [-0.4, -0.2) is 37.3 Å². The van der Waals surface area contributed by atoms with Crippen LogP contribution in [0.4, 0.5) is 0 Å². The van der Waals surface area contributed by atoms with Gasteiger partial charge in [-0.15, -0.1) is 0 Å². The summed E-state index contributed by atoms with van der Waals surface area (Å²) in [7, 11) is 2.04. The molecule has 2 aromatic heterocycles.